The predicted octanol–water partition coefficient (Wildman–Crippen LogP) is 3.27. The van der Waals surface area contributed by atoms with Crippen molar-refractivity contribution in [2.75, 3.05) is 23.0 Å². The zero-order valence-electron chi connectivity index (χ0n) is 16.7. The molecule has 1 aromatic carbocycles. The highest BCUT2D eigenvalue weighted by molar-refractivity contribution is 5.97. The van der Waals surface area contributed by atoms with Crippen LogP contribution in [0.5, 0.6) is 5.88 Å². The Labute approximate surface area is 187 Å². The van der Waals surface area contributed by atoms with Gasteiger partial charge in [-0.05, 0) is 31.5 Å². The molecule has 2 aromatic rings. The molecule has 13 heteroatoms. The molecular formula is C20H23F3N6O4. The molecule has 0 unspecified atom stereocenters. The van der Waals surface area contributed by atoms with Crippen molar-refractivity contribution in [3.05, 3.63) is 35.4 Å². The minimum absolute atomic E-state index is 0. The Balaban J connectivity index is 0.00000544. The summed E-state index contributed by atoms with van der Waals surface area (Å²) in [5, 5.41) is 23.4. The van der Waals surface area contributed by atoms with E-state index in [4.69, 9.17) is 15.6 Å². The molecule has 0 bridgehead atoms. The van der Waals surface area contributed by atoms with Gasteiger partial charge in [0, 0.05) is 12.1 Å². The largest absolute Gasteiger partial charge is 0.481 e. The maximum Gasteiger partial charge on any atom is 0.416 e. The molecule has 10 nitrogen and oxygen atoms in total. The minimum Gasteiger partial charge on any atom is -0.481 e. The number of carboxylic acids is 1. The second-order valence-electron chi connectivity index (χ2n) is 6.35. The van der Waals surface area contributed by atoms with Gasteiger partial charge in [0.2, 0.25) is 17.7 Å². The SMILES string of the molecule is C.CCOc1nc(N)nc(N[C@@H](CCC(=O)O)C(=O)Nc2cccc(C(F)(F)F)c2)c1C#N. The molecule has 0 spiro atoms. The van der Waals surface area contributed by atoms with E-state index in [0.29, 0.717) is 0 Å². The van der Waals surface area contributed by atoms with Gasteiger partial charge >= 0.3 is 12.1 Å². The van der Waals surface area contributed by atoms with E-state index < -0.39 is 36.1 Å². The molecule has 0 fully saturated rings. The van der Waals surface area contributed by atoms with Crippen LogP contribution in [0.15, 0.2) is 24.3 Å². The van der Waals surface area contributed by atoms with Crippen molar-refractivity contribution in [2.45, 2.75) is 39.4 Å². The van der Waals surface area contributed by atoms with Crippen molar-refractivity contribution in [3.63, 3.8) is 0 Å². The van der Waals surface area contributed by atoms with Crippen molar-refractivity contribution in [1.29, 1.82) is 5.26 Å². The predicted molar refractivity (Wildman–Crippen MR) is 113 cm³/mol. The fraction of sp³-hybridized carbons (Fsp3) is 0.350. The van der Waals surface area contributed by atoms with Crippen molar-refractivity contribution in [3.8, 4) is 11.9 Å². The van der Waals surface area contributed by atoms with Crippen LogP contribution < -0.4 is 21.1 Å². The van der Waals surface area contributed by atoms with Crippen LogP contribution in [-0.4, -0.2) is 39.6 Å². The lowest BCUT2D eigenvalue weighted by Crippen LogP contribution is -2.36. The number of nitrogens with two attached hydrogens (primary N) is 1. The fourth-order valence-corrected chi connectivity index (χ4v) is 2.61. The standard InChI is InChI=1S/C19H19F3N6O4.CH4/c1-2-32-17-12(9-23)15(27-18(24)28-17)26-13(6-7-14(29)30)16(31)25-11-5-3-4-10(8-11)19(20,21)22;/h3-5,8,13H,2,6-7H2,1H3,(H,25,31)(H,29,30)(H3,24,26,27,28);1H4/t13-;/m0./s1. The van der Waals surface area contributed by atoms with Gasteiger partial charge < -0.3 is 26.2 Å². The van der Waals surface area contributed by atoms with Gasteiger partial charge in [0.05, 0.1) is 12.2 Å². The van der Waals surface area contributed by atoms with Crippen LogP contribution in [0.3, 0.4) is 0 Å². The molecule has 0 radical (unpaired) electrons. The maximum atomic E-state index is 12.9. The average molecular weight is 468 g/mol. The molecule has 0 aliphatic rings. The molecule has 1 atom stereocenters. The fourth-order valence-electron chi connectivity index (χ4n) is 2.61. The van der Waals surface area contributed by atoms with Gasteiger partial charge in [-0.25, -0.2) is 0 Å². The molecule has 0 saturated heterocycles. The summed E-state index contributed by atoms with van der Waals surface area (Å²) in [4.78, 5) is 31.4. The van der Waals surface area contributed by atoms with Crippen LogP contribution >= 0.6 is 0 Å². The van der Waals surface area contributed by atoms with Gasteiger partial charge in [-0.2, -0.15) is 28.4 Å². The van der Waals surface area contributed by atoms with Crippen molar-refractivity contribution < 1.29 is 32.6 Å². The summed E-state index contributed by atoms with van der Waals surface area (Å²) < 4.78 is 44.0. The number of nitrogen functional groups attached to an aromatic ring is 1. The highest BCUT2D eigenvalue weighted by Crippen LogP contribution is 2.31. The Bertz CT molecular complexity index is 1040. The first-order valence-electron chi connectivity index (χ1n) is 9.22. The number of halogens is 3. The lowest BCUT2D eigenvalue weighted by Gasteiger charge is -2.20. The van der Waals surface area contributed by atoms with E-state index in [2.05, 4.69) is 20.6 Å². The highest BCUT2D eigenvalue weighted by atomic mass is 19.4. The third kappa shape index (κ3) is 7.53. The Morgan fingerprint density at radius 1 is 1.33 bits per heavy atom. The Morgan fingerprint density at radius 3 is 2.61 bits per heavy atom. The second-order valence-corrected chi connectivity index (χ2v) is 6.35. The number of anilines is 3. The van der Waals surface area contributed by atoms with Gasteiger partial charge in [0.15, 0.2) is 11.4 Å². The number of hydrogen-bond acceptors (Lipinski definition) is 8. The molecule has 5 N–H and O–H groups in total. The zero-order valence-corrected chi connectivity index (χ0v) is 16.7. The number of carbonyl (C=O) groups excluding carboxylic acids is 1. The number of nitrogens with zero attached hydrogens (tertiary/aromatic N) is 3. The monoisotopic (exact) mass is 468 g/mol. The molecular weight excluding hydrogens is 445 g/mol. The van der Waals surface area contributed by atoms with E-state index >= 15 is 0 Å². The van der Waals surface area contributed by atoms with Gasteiger partial charge in [0.25, 0.3) is 0 Å². The number of amides is 1. The molecule has 0 aliphatic heterocycles. The van der Waals surface area contributed by atoms with Crippen molar-refractivity contribution >= 4 is 29.3 Å². The molecule has 1 amide bonds. The van der Waals surface area contributed by atoms with Gasteiger partial charge in [-0.15, -0.1) is 0 Å². The summed E-state index contributed by atoms with van der Waals surface area (Å²) in [6.07, 6.45) is -5.33. The Morgan fingerprint density at radius 2 is 2.03 bits per heavy atom. The minimum atomic E-state index is -4.61. The van der Waals surface area contributed by atoms with E-state index in [1.54, 1.807) is 6.92 Å². The number of aromatic nitrogens is 2. The molecule has 2 rings (SSSR count). The molecule has 0 saturated carbocycles. The molecule has 33 heavy (non-hydrogen) atoms. The molecule has 1 aromatic heterocycles. The highest BCUT2D eigenvalue weighted by Gasteiger charge is 2.31. The summed E-state index contributed by atoms with van der Waals surface area (Å²) in [7, 11) is 0. The van der Waals surface area contributed by atoms with Gasteiger partial charge in [-0.3, -0.25) is 9.59 Å². The average Bonchev–Trinajstić information content (AvgIpc) is 2.70. The number of nitriles is 1. The van der Waals surface area contributed by atoms with Crippen LogP contribution in [-0.2, 0) is 15.8 Å². The second kappa shape index (κ2) is 11.5. The first-order valence-corrected chi connectivity index (χ1v) is 9.22. The summed E-state index contributed by atoms with van der Waals surface area (Å²) >= 11 is 0. The number of rotatable bonds is 9. The normalized spacial score (nSPS) is 11.5. The van der Waals surface area contributed by atoms with E-state index in [9.17, 15) is 28.0 Å². The smallest absolute Gasteiger partial charge is 0.416 e. The van der Waals surface area contributed by atoms with E-state index in [-0.39, 0.29) is 49.4 Å². The third-order valence-electron chi connectivity index (χ3n) is 4.02. The Kier molecular flexibility index (Phi) is 9.40. The first-order chi connectivity index (χ1) is 15.0. The van der Waals surface area contributed by atoms with Crippen LogP contribution in [0.1, 0.15) is 38.3 Å². The maximum absolute atomic E-state index is 12.9. The number of aliphatic carboxylic acids is 1. The number of carboxylic acid groups (broad SMARTS) is 1. The van der Waals surface area contributed by atoms with Crippen molar-refractivity contribution in [2.24, 2.45) is 0 Å². The van der Waals surface area contributed by atoms with E-state index in [1.165, 1.54) is 6.07 Å². The first kappa shape index (κ1) is 27.0. The summed E-state index contributed by atoms with van der Waals surface area (Å²) in [5.41, 5.74) is 4.32. The third-order valence-corrected chi connectivity index (χ3v) is 4.02. The Hall–Kier alpha value is -4.08. The van der Waals surface area contributed by atoms with E-state index in [1.807, 2.05) is 6.07 Å². The van der Waals surface area contributed by atoms with Crippen molar-refractivity contribution in [1.82, 2.24) is 9.97 Å². The van der Waals surface area contributed by atoms with Crippen LogP contribution in [0, 0.1) is 11.3 Å². The number of carbonyl (C=O) groups is 2. The molecule has 178 valence electrons. The van der Waals surface area contributed by atoms with Crippen LogP contribution in [0.2, 0.25) is 0 Å². The quantitative estimate of drug-likeness (QED) is 0.432. The number of nitrogens with one attached hydrogen (secondary N) is 2. The zero-order chi connectivity index (χ0) is 23.9. The summed E-state index contributed by atoms with van der Waals surface area (Å²) in [6.45, 7) is 1.80. The number of ether oxygens (including phenoxy) is 1. The van der Waals surface area contributed by atoms with Gasteiger partial charge in [0.1, 0.15) is 12.1 Å². The van der Waals surface area contributed by atoms with Crippen LogP contribution in [0.4, 0.5) is 30.6 Å². The summed E-state index contributed by atoms with van der Waals surface area (Å²) in [5.74, 6) is -2.64. The molecule has 0 aliphatic carbocycles. The summed E-state index contributed by atoms with van der Waals surface area (Å²) in [6, 6.07) is 4.48. The number of hydrogen-bond donors (Lipinski definition) is 4. The number of benzene rings is 1. The van der Waals surface area contributed by atoms with E-state index in [0.717, 1.165) is 18.2 Å². The van der Waals surface area contributed by atoms with Gasteiger partial charge in [-0.1, -0.05) is 13.5 Å². The topological polar surface area (TPSA) is 163 Å². The van der Waals surface area contributed by atoms with Crippen LogP contribution in [0.25, 0.3) is 0 Å². The number of alkyl halides is 3. The lowest BCUT2D eigenvalue weighted by atomic mass is 10.1. The molecule has 1 heterocycles. The lowest BCUT2D eigenvalue weighted by molar-refractivity contribution is -0.138.